The molecular weight excluding hydrogens is 304 g/mol. The number of rotatable bonds is 8. The summed E-state index contributed by atoms with van der Waals surface area (Å²) >= 11 is 0. The van der Waals surface area contributed by atoms with E-state index in [4.69, 9.17) is 0 Å². The quantitative estimate of drug-likeness (QED) is 0.757. The lowest BCUT2D eigenvalue weighted by Crippen LogP contribution is -2.43. The summed E-state index contributed by atoms with van der Waals surface area (Å²) in [4.78, 5) is 18.6. The van der Waals surface area contributed by atoms with Crippen LogP contribution in [0.1, 0.15) is 51.8 Å². The third-order valence-electron chi connectivity index (χ3n) is 4.72. The van der Waals surface area contributed by atoms with Gasteiger partial charge < -0.3 is 19.9 Å². The van der Waals surface area contributed by atoms with Crippen LogP contribution in [0.4, 0.5) is 0 Å². The van der Waals surface area contributed by atoms with Gasteiger partial charge >= 0.3 is 0 Å². The first kappa shape index (κ1) is 18.9. The minimum absolute atomic E-state index is 0.0234. The zero-order valence-corrected chi connectivity index (χ0v) is 15.2. The second-order valence-corrected chi connectivity index (χ2v) is 7.32. The first-order chi connectivity index (χ1) is 11.5. The summed E-state index contributed by atoms with van der Waals surface area (Å²) in [7, 11) is 0. The number of piperidine rings is 1. The van der Waals surface area contributed by atoms with Gasteiger partial charge in [0, 0.05) is 44.4 Å². The number of aryl methyl sites for hydroxylation is 1. The molecule has 1 atom stereocenters. The minimum Gasteiger partial charge on any atom is -0.390 e. The molecule has 2 rings (SSSR count). The molecule has 24 heavy (non-hydrogen) atoms. The summed E-state index contributed by atoms with van der Waals surface area (Å²) in [6.45, 7) is 10.2. The van der Waals surface area contributed by atoms with Gasteiger partial charge in [-0.3, -0.25) is 4.79 Å². The highest BCUT2D eigenvalue weighted by Crippen LogP contribution is 2.16. The van der Waals surface area contributed by atoms with Crippen molar-refractivity contribution in [3.63, 3.8) is 0 Å². The number of nitrogens with one attached hydrogen (secondary N) is 1. The maximum Gasteiger partial charge on any atom is 0.221 e. The van der Waals surface area contributed by atoms with E-state index >= 15 is 0 Å². The summed E-state index contributed by atoms with van der Waals surface area (Å²) < 4.78 is 2.02. The van der Waals surface area contributed by atoms with Crippen LogP contribution in [0.15, 0.2) is 12.4 Å². The lowest BCUT2D eigenvalue weighted by Gasteiger charge is -2.31. The zero-order chi connectivity index (χ0) is 17.5. The van der Waals surface area contributed by atoms with Gasteiger partial charge in [0.2, 0.25) is 5.91 Å². The Balaban J connectivity index is 1.64. The van der Waals surface area contributed by atoms with Crippen LogP contribution in [0.3, 0.4) is 0 Å². The Morgan fingerprint density at radius 2 is 2.12 bits per heavy atom. The van der Waals surface area contributed by atoms with Crippen molar-refractivity contribution in [1.29, 1.82) is 0 Å². The molecule has 136 valence electrons. The highest BCUT2D eigenvalue weighted by atomic mass is 16.3. The summed E-state index contributed by atoms with van der Waals surface area (Å²) in [5.41, 5.74) is 0. The molecule has 6 nitrogen and oxygen atoms in total. The third kappa shape index (κ3) is 5.91. The van der Waals surface area contributed by atoms with E-state index in [1.165, 1.54) is 12.8 Å². The molecule has 0 aromatic carbocycles. The van der Waals surface area contributed by atoms with Crippen LogP contribution in [0.2, 0.25) is 0 Å². The van der Waals surface area contributed by atoms with Gasteiger partial charge in [-0.15, -0.1) is 0 Å². The average Bonchev–Trinajstić information content (AvgIpc) is 3.02. The number of nitrogens with zero attached hydrogens (tertiary/aromatic N) is 3. The van der Waals surface area contributed by atoms with Crippen LogP contribution in [0.5, 0.6) is 0 Å². The number of hydrogen-bond acceptors (Lipinski definition) is 4. The van der Waals surface area contributed by atoms with Crippen LogP contribution in [-0.2, 0) is 11.3 Å². The number of likely N-dealkylation sites (tertiary alicyclic amines) is 1. The van der Waals surface area contributed by atoms with Gasteiger partial charge in [-0.1, -0.05) is 20.8 Å². The molecule has 1 aromatic heterocycles. The van der Waals surface area contributed by atoms with Gasteiger partial charge in [0.05, 0.1) is 6.10 Å². The van der Waals surface area contributed by atoms with E-state index in [0.29, 0.717) is 32.0 Å². The molecule has 0 aliphatic carbocycles. The van der Waals surface area contributed by atoms with Gasteiger partial charge in [-0.05, 0) is 31.8 Å². The molecule has 0 bridgehead atoms. The Labute approximate surface area is 145 Å². The Morgan fingerprint density at radius 1 is 1.42 bits per heavy atom. The normalized spacial score (nSPS) is 18.0. The highest BCUT2D eigenvalue weighted by molar-refractivity contribution is 5.75. The first-order valence-electron chi connectivity index (χ1n) is 9.14. The Kier molecular flexibility index (Phi) is 7.24. The lowest BCUT2D eigenvalue weighted by molar-refractivity contribution is -0.121. The van der Waals surface area contributed by atoms with E-state index in [0.717, 1.165) is 24.8 Å². The van der Waals surface area contributed by atoms with Gasteiger partial charge in [0.25, 0.3) is 0 Å². The van der Waals surface area contributed by atoms with Crippen molar-refractivity contribution in [1.82, 2.24) is 19.8 Å². The fourth-order valence-corrected chi connectivity index (χ4v) is 3.16. The molecule has 1 fully saturated rings. The topological polar surface area (TPSA) is 70.4 Å². The number of aliphatic hydroxyl groups is 1. The van der Waals surface area contributed by atoms with Gasteiger partial charge in [0.1, 0.15) is 5.82 Å². The van der Waals surface area contributed by atoms with E-state index in [1.807, 2.05) is 10.8 Å². The van der Waals surface area contributed by atoms with Crippen LogP contribution in [0, 0.1) is 5.92 Å². The molecule has 1 aliphatic heterocycles. The number of imidazole rings is 1. The number of amides is 1. The van der Waals surface area contributed by atoms with Crippen LogP contribution in [0.25, 0.3) is 0 Å². The molecule has 0 saturated carbocycles. The fourth-order valence-electron chi connectivity index (χ4n) is 3.16. The van der Waals surface area contributed by atoms with E-state index in [-0.39, 0.29) is 5.91 Å². The van der Waals surface area contributed by atoms with Crippen LogP contribution in [-0.4, -0.2) is 57.7 Å². The molecule has 2 N–H and O–H groups in total. The zero-order valence-electron chi connectivity index (χ0n) is 15.2. The summed E-state index contributed by atoms with van der Waals surface area (Å²) in [5, 5.41) is 13.0. The molecule has 1 unspecified atom stereocenters. The van der Waals surface area contributed by atoms with Crippen LogP contribution >= 0.6 is 0 Å². The van der Waals surface area contributed by atoms with Gasteiger partial charge in [-0.25, -0.2) is 4.98 Å². The molecule has 2 heterocycles. The maximum absolute atomic E-state index is 12.0. The molecule has 0 radical (unpaired) electrons. The van der Waals surface area contributed by atoms with Crippen molar-refractivity contribution in [2.24, 2.45) is 5.92 Å². The largest absolute Gasteiger partial charge is 0.390 e. The Hall–Kier alpha value is -1.40. The van der Waals surface area contributed by atoms with Crippen molar-refractivity contribution in [2.75, 3.05) is 26.2 Å². The first-order valence-corrected chi connectivity index (χ1v) is 9.14. The van der Waals surface area contributed by atoms with Crippen molar-refractivity contribution in [3.05, 3.63) is 18.2 Å². The summed E-state index contributed by atoms with van der Waals surface area (Å²) in [5.74, 6) is 2.11. The minimum atomic E-state index is -0.498. The number of aromatic nitrogens is 2. The number of carbonyl (C=O) groups excluding carboxylic acids is 1. The molecule has 1 saturated heterocycles. The Morgan fingerprint density at radius 3 is 2.79 bits per heavy atom. The fraction of sp³-hybridized carbons (Fsp3) is 0.778. The second kappa shape index (κ2) is 9.18. The number of β-amino-alcohol motifs (C(OH)–C–C–N with tert-alkyl or cyclic N) is 1. The SMILES string of the molecule is CC1CCN(CC(O)CNC(=O)CCn2ccnc2C(C)C)CC1. The molecule has 1 aromatic rings. The standard InChI is InChI=1S/C18H32N4O2/c1-14(2)18-19-7-11-22(18)10-6-17(24)20-12-16(23)13-21-8-4-15(3)5-9-21/h7,11,14-16,23H,4-6,8-10,12-13H2,1-3H3,(H,20,24). The summed E-state index contributed by atoms with van der Waals surface area (Å²) in [6.07, 6.45) is 5.99. The number of hydrogen-bond donors (Lipinski definition) is 2. The molecule has 6 heteroatoms. The van der Waals surface area contributed by atoms with Gasteiger partial charge in [0.15, 0.2) is 0 Å². The third-order valence-corrected chi connectivity index (χ3v) is 4.72. The molecular formula is C18H32N4O2. The van der Waals surface area contributed by atoms with Crippen molar-refractivity contribution in [2.45, 2.75) is 58.6 Å². The number of carbonyl (C=O) groups is 1. The predicted octanol–water partition coefficient (Wildman–Crippen LogP) is 1.61. The average molecular weight is 336 g/mol. The van der Waals surface area contributed by atoms with E-state index < -0.39 is 6.10 Å². The van der Waals surface area contributed by atoms with E-state index in [2.05, 4.69) is 36.0 Å². The molecule has 1 amide bonds. The smallest absolute Gasteiger partial charge is 0.221 e. The van der Waals surface area contributed by atoms with Crippen molar-refractivity contribution < 1.29 is 9.90 Å². The van der Waals surface area contributed by atoms with Crippen molar-refractivity contribution in [3.8, 4) is 0 Å². The summed E-state index contributed by atoms with van der Waals surface area (Å²) in [6, 6.07) is 0. The lowest BCUT2D eigenvalue weighted by atomic mass is 9.99. The number of aliphatic hydroxyl groups excluding tert-OH is 1. The predicted molar refractivity (Wildman–Crippen MR) is 94.8 cm³/mol. The maximum atomic E-state index is 12.0. The van der Waals surface area contributed by atoms with E-state index in [1.54, 1.807) is 6.20 Å². The van der Waals surface area contributed by atoms with E-state index in [9.17, 15) is 9.90 Å². The Bertz CT molecular complexity index is 507. The molecule has 1 aliphatic rings. The highest BCUT2D eigenvalue weighted by Gasteiger charge is 2.18. The second-order valence-electron chi connectivity index (χ2n) is 7.32. The van der Waals surface area contributed by atoms with Crippen molar-refractivity contribution >= 4 is 5.91 Å². The van der Waals surface area contributed by atoms with Gasteiger partial charge in [-0.2, -0.15) is 0 Å². The molecule has 0 spiro atoms. The monoisotopic (exact) mass is 336 g/mol. The van der Waals surface area contributed by atoms with Crippen LogP contribution < -0.4 is 5.32 Å².